The van der Waals surface area contributed by atoms with Gasteiger partial charge in [0.15, 0.2) is 0 Å². The Labute approximate surface area is 172 Å². The van der Waals surface area contributed by atoms with Crippen LogP contribution in [0.3, 0.4) is 0 Å². The average Bonchev–Trinajstić information content (AvgIpc) is 2.66. The van der Waals surface area contributed by atoms with Crippen molar-refractivity contribution in [2.75, 3.05) is 14.1 Å². The first kappa shape index (κ1) is 26.4. The molecule has 0 saturated carbocycles. The first-order chi connectivity index (χ1) is 13.2. The molecule has 0 N–H and O–H groups in total. The van der Waals surface area contributed by atoms with E-state index in [9.17, 15) is 0 Å². The average molecular weight is 378 g/mol. The van der Waals surface area contributed by atoms with E-state index in [2.05, 4.69) is 44.6 Å². The van der Waals surface area contributed by atoms with Crippen LogP contribution in [0.1, 0.15) is 122 Å². The van der Waals surface area contributed by atoms with E-state index >= 15 is 0 Å². The standard InChI is InChI=1S/C26H51N/c1-5-7-9-11-12-13-14-15-16-17-18-19-20-21-23-25-26(27(3)4)24-22-10-8-6-2/h6,23,25-26H,2,5,7-22,24H2,1,3-4H3. The molecule has 0 bridgehead atoms. The van der Waals surface area contributed by atoms with Crippen molar-refractivity contribution < 1.29 is 0 Å². The predicted molar refractivity (Wildman–Crippen MR) is 126 cm³/mol. The predicted octanol–water partition coefficient (Wildman–Crippen LogP) is 8.70. The maximum Gasteiger partial charge on any atom is 0.0272 e. The van der Waals surface area contributed by atoms with E-state index in [1.54, 1.807) is 0 Å². The molecule has 1 unspecified atom stereocenters. The summed E-state index contributed by atoms with van der Waals surface area (Å²) >= 11 is 0. The molecule has 0 aromatic heterocycles. The fourth-order valence-electron chi connectivity index (χ4n) is 3.70. The fraction of sp³-hybridized carbons (Fsp3) is 0.846. The molecule has 0 heterocycles. The first-order valence-corrected chi connectivity index (χ1v) is 12.2. The minimum Gasteiger partial charge on any atom is -0.303 e. The summed E-state index contributed by atoms with van der Waals surface area (Å²) in [5.41, 5.74) is 0. The van der Waals surface area contributed by atoms with E-state index in [1.807, 2.05) is 6.08 Å². The summed E-state index contributed by atoms with van der Waals surface area (Å²) in [6, 6.07) is 0.608. The lowest BCUT2D eigenvalue weighted by molar-refractivity contribution is 0.320. The molecule has 0 aliphatic heterocycles. The van der Waals surface area contributed by atoms with Gasteiger partial charge in [0, 0.05) is 6.04 Å². The second kappa shape index (κ2) is 21.7. The third-order valence-electron chi connectivity index (χ3n) is 5.65. The molecule has 0 saturated heterocycles. The Balaban J connectivity index is 3.42. The maximum absolute atomic E-state index is 3.81. The fourth-order valence-corrected chi connectivity index (χ4v) is 3.70. The Kier molecular flexibility index (Phi) is 21.3. The highest BCUT2D eigenvalue weighted by atomic mass is 15.1. The van der Waals surface area contributed by atoms with Crippen LogP contribution >= 0.6 is 0 Å². The van der Waals surface area contributed by atoms with Crippen molar-refractivity contribution in [2.24, 2.45) is 0 Å². The van der Waals surface area contributed by atoms with Crippen molar-refractivity contribution in [3.63, 3.8) is 0 Å². The topological polar surface area (TPSA) is 3.24 Å². The molecule has 160 valence electrons. The zero-order valence-electron chi connectivity index (χ0n) is 19.2. The minimum atomic E-state index is 0.608. The normalized spacial score (nSPS) is 12.9. The third-order valence-corrected chi connectivity index (χ3v) is 5.65. The van der Waals surface area contributed by atoms with E-state index in [4.69, 9.17) is 0 Å². The summed E-state index contributed by atoms with van der Waals surface area (Å²) < 4.78 is 0. The van der Waals surface area contributed by atoms with Crippen LogP contribution < -0.4 is 0 Å². The molecule has 0 spiro atoms. The van der Waals surface area contributed by atoms with Crippen LogP contribution in [0.25, 0.3) is 0 Å². The molecular weight excluding hydrogens is 326 g/mol. The zero-order valence-corrected chi connectivity index (χ0v) is 19.2. The number of hydrogen-bond donors (Lipinski definition) is 0. The molecule has 0 aliphatic rings. The van der Waals surface area contributed by atoms with Gasteiger partial charge in [0.2, 0.25) is 0 Å². The van der Waals surface area contributed by atoms with Crippen LogP contribution in [0, 0.1) is 0 Å². The largest absolute Gasteiger partial charge is 0.303 e. The number of nitrogens with zero attached hydrogens (tertiary/aromatic N) is 1. The van der Waals surface area contributed by atoms with Gasteiger partial charge in [-0.15, -0.1) is 6.58 Å². The maximum atomic E-state index is 3.81. The van der Waals surface area contributed by atoms with Gasteiger partial charge in [-0.3, -0.25) is 0 Å². The Morgan fingerprint density at radius 1 is 0.667 bits per heavy atom. The lowest BCUT2D eigenvalue weighted by atomic mass is 10.0. The number of likely N-dealkylation sites (N-methyl/N-ethyl adjacent to an activating group) is 1. The van der Waals surface area contributed by atoms with Crippen LogP contribution in [-0.4, -0.2) is 25.0 Å². The van der Waals surface area contributed by atoms with Gasteiger partial charge >= 0.3 is 0 Å². The van der Waals surface area contributed by atoms with Gasteiger partial charge < -0.3 is 4.90 Å². The molecule has 1 nitrogen and oxygen atoms in total. The summed E-state index contributed by atoms with van der Waals surface area (Å²) in [4.78, 5) is 2.36. The van der Waals surface area contributed by atoms with Gasteiger partial charge in [0.05, 0.1) is 0 Å². The molecular formula is C26H51N. The Bertz CT molecular complexity index is 318. The van der Waals surface area contributed by atoms with Gasteiger partial charge in [-0.2, -0.15) is 0 Å². The molecule has 1 atom stereocenters. The second-order valence-corrected chi connectivity index (χ2v) is 8.56. The van der Waals surface area contributed by atoms with E-state index < -0.39 is 0 Å². The van der Waals surface area contributed by atoms with Crippen molar-refractivity contribution in [3.8, 4) is 0 Å². The monoisotopic (exact) mass is 377 g/mol. The van der Waals surface area contributed by atoms with Gasteiger partial charge in [0.25, 0.3) is 0 Å². The quantitative estimate of drug-likeness (QED) is 0.143. The summed E-state index contributed by atoms with van der Waals surface area (Å²) in [6.45, 7) is 6.11. The molecule has 1 heteroatoms. The van der Waals surface area contributed by atoms with Crippen molar-refractivity contribution in [1.29, 1.82) is 0 Å². The molecule has 0 radical (unpaired) electrons. The highest BCUT2D eigenvalue weighted by Crippen LogP contribution is 2.14. The number of hydrogen-bond acceptors (Lipinski definition) is 1. The van der Waals surface area contributed by atoms with Crippen LogP contribution in [0.15, 0.2) is 24.8 Å². The lowest BCUT2D eigenvalue weighted by Gasteiger charge is -2.20. The third kappa shape index (κ3) is 20.0. The van der Waals surface area contributed by atoms with Crippen molar-refractivity contribution in [1.82, 2.24) is 4.90 Å². The molecule has 0 aromatic carbocycles. The van der Waals surface area contributed by atoms with Crippen molar-refractivity contribution >= 4 is 0 Å². The molecule has 0 fully saturated rings. The summed E-state index contributed by atoms with van der Waals surface area (Å²) in [7, 11) is 4.40. The van der Waals surface area contributed by atoms with Crippen molar-refractivity contribution in [3.05, 3.63) is 24.8 Å². The summed E-state index contributed by atoms with van der Waals surface area (Å²) in [6.07, 6.45) is 31.9. The molecule has 27 heavy (non-hydrogen) atoms. The highest BCUT2D eigenvalue weighted by molar-refractivity contribution is 4.93. The van der Waals surface area contributed by atoms with Crippen LogP contribution in [0.4, 0.5) is 0 Å². The summed E-state index contributed by atoms with van der Waals surface area (Å²) in [5, 5.41) is 0. The number of rotatable bonds is 21. The smallest absolute Gasteiger partial charge is 0.0272 e. The van der Waals surface area contributed by atoms with E-state index in [1.165, 1.54) is 109 Å². The Morgan fingerprint density at radius 2 is 1.15 bits per heavy atom. The Morgan fingerprint density at radius 3 is 1.63 bits per heavy atom. The number of allylic oxidation sites excluding steroid dienone is 2. The lowest BCUT2D eigenvalue weighted by Crippen LogP contribution is -2.25. The van der Waals surface area contributed by atoms with E-state index in [-0.39, 0.29) is 0 Å². The number of unbranched alkanes of at least 4 members (excludes halogenated alkanes) is 15. The van der Waals surface area contributed by atoms with Crippen LogP contribution in [0.2, 0.25) is 0 Å². The van der Waals surface area contributed by atoms with Gasteiger partial charge in [-0.1, -0.05) is 109 Å². The second-order valence-electron chi connectivity index (χ2n) is 8.56. The SMILES string of the molecule is C=CCCCCC(C=CCCCCCCCCCCCCCCC)N(C)C. The molecule has 0 amide bonds. The van der Waals surface area contributed by atoms with Crippen LogP contribution in [-0.2, 0) is 0 Å². The Hall–Kier alpha value is -0.560. The zero-order chi connectivity index (χ0) is 20.0. The van der Waals surface area contributed by atoms with E-state index in [0.717, 1.165) is 6.42 Å². The van der Waals surface area contributed by atoms with Gasteiger partial charge in [-0.05, 0) is 46.2 Å². The minimum absolute atomic E-state index is 0.608. The summed E-state index contributed by atoms with van der Waals surface area (Å²) in [5.74, 6) is 0. The first-order valence-electron chi connectivity index (χ1n) is 12.2. The highest BCUT2D eigenvalue weighted by Gasteiger charge is 2.06. The molecule has 0 aliphatic carbocycles. The molecule has 0 aromatic rings. The van der Waals surface area contributed by atoms with Crippen molar-refractivity contribution in [2.45, 2.75) is 129 Å². The molecule has 0 rings (SSSR count). The van der Waals surface area contributed by atoms with E-state index in [0.29, 0.717) is 6.04 Å². The van der Waals surface area contributed by atoms with Crippen LogP contribution in [0.5, 0.6) is 0 Å². The van der Waals surface area contributed by atoms with Gasteiger partial charge in [-0.25, -0.2) is 0 Å². The van der Waals surface area contributed by atoms with Gasteiger partial charge in [0.1, 0.15) is 0 Å².